The summed E-state index contributed by atoms with van der Waals surface area (Å²) >= 11 is 0. The van der Waals surface area contributed by atoms with E-state index in [1.165, 1.54) is 13.8 Å². The number of nitrogens with zero attached hydrogens (tertiary/aromatic N) is 1. The summed E-state index contributed by atoms with van der Waals surface area (Å²) < 4.78 is 17.5. The van der Waals surface area contributed by atoms with Gasteiger partial charge in [-0.1, -0.05) is 30.8 Å². The first-order chi connectivity index (χ1) is 14.8. The summed E-state index contributed by atoms with van der Waals surface area (Å²) in [6.07, 6.45) is 1.83. The van der Waals surface area contributed by atoms with Crippen LogP contribution in [0.2, 0.25) is 0 Å². The fraction of sp³-hybridized carbons (Fsp3) is 0.120. The van der Waals surface area contributed by atoms with E-state index >= 15 is 0 Å². The summed E-state index contributed by atoms with van der Waals surface area (Å²) in [5, 5.41) is 1.44. The molecule has 6 nitrogen and oxygen atoms in total. The molecule has 0 spiro atoms. The fourth-order valence-corrected chi connectivity index (χ4v) is 4.20. The van der Waals surface area contributed by atoms with E-state index in [9.17, 15) is 9.59 Å². The highest BCUT2D eigenvalue weighted by atomic mass is 16.5. The second kappa shape index (κ2) is 6.74. The Morgan fingerprint density at radius 2 is 1.65 bits per heavy atom. The maximum Gasteiger partial charge on any atom is 0.308 e. The third kappa shape index (κ3) is 2.87. The van der Waals surface area contributed by atoms with Crippen molar-refractivity contribution in [1.82, 2.24) is 0 Å². The topological polar surface area (TPSA) is 65.1 Å². The van der Waals surface area contributed by atoms with Gasteiger partial charge in [0.15, 0.2) is 11.5 Å². The SMILES string of the molecule is C=C1C=C(C)c2c(ccc3c2N(C(C)=O)c2c(cc(OC(C)=O)c4ccccc24)O3)O1. The quantitative estimate of drug-likeness (QED) is 0.369. The maximum atomic E-state index is 13.0. The monoisotopic (exact) mass is 413 g/mol. The van der Waals surface area contributed by atoms with Crippen molar-refractivity contribution in [1.29, 1.82) is 0 Å². The van der Waals surface area contributed by atoms with Crippen LogP contribution in [-0.4, -0.2) is 11.9 Å². The van der Waals surface area contributed by atoms with Gasteiger partial charge in [-0.05, 0) is 30.7 Å². The molecular formula is C25H19NO5. The van der Waals surface area contributed by atoms with Crippen molar-refractivity contribution in [2.24, 2.45) is 0 Å². The highest BCUT2D eigenvalue weighted by molar-refractivity contribution is 6.15. The van der Waals surface area contributed by atoms with Crippen LogP contribution in [0.3, 0.4) is 0 Å². The van der Waals surface area contributed by atoms with Crippen LogP contribution in [0.4, 0.5) is 11.4 Å². The summed E-state index contributed by atoms with van der Waals surface area (Å²) in [5.74, 6) is 1.85. The number of fused-ring (bicyclic) bond motifs is 6. The average Bonchev–Trinajstić information content (AvgIpc) is 2.71. The molecule has 2 aliphatic rings. The first kappa shape index (κ1) is 18.9. The van der Waals surface area contributed by atoms with Crippen molar-refractivity contribution in [3.8, 4) is 23.0 Å². The van der Waals surface area contributed by atoms with Gasteiger partial charge in [0.1, 0.15) is 22.9 Å². The number of ether oxygens (including phenoxy) is 3. The Hall–Kier alpha value is -4.06. The molecule has 3 aromatic carbocycles. The molecule has 154 valence electrons. The van der Waals surface area contributed by atoms with Gasteiger partial charge in [0.05, 0.1) is 5.69 Å². The van der Waals surface area contributed by atoms with Crippen LogP contribution in [0.5, 0.6) is 23.0 Å². The molecule has 0 radical (unpaired) electrons. The molecule has 2 aliphatic heterocycles. The molecule has 0 saturated carbocycles. The van der Waals surface area contributed by atoms with Gasteiger partial charge in [-0.3, -0.25) is 14.5 Å². The van der Waals surface area contributed by atoms with Crippen LogP contribution in [0, 0.1) is 0 Å². The van der Waals surface area contributed by atoms with E-state index in [0.717, 1.165) is 16.5 Å². The highest BCUT2D eigenvalue weighted by Gasteiger charge is 2.35. The number of carbonyl (C=O) groups excluding carboxylic acids is 2. The van der Waals surface area contributed by atoms with Gasteiger partial charge in [-0.25, -0.2) is 0 Å². The fourth-order valence-electron chi connectivity index (χ4n) is 4.20. The van der Waals surface area contributed by atoms with E-state index in [4.69, 9.17) is 14.2 Å². The summed E-state index contributed by atoms with van der Waals surface area (Å²) in [6.45, 7) is 8.69. The van der Waals surface area contributed by atoms with Gasteiger partial charge >= 0.3 is 5.97 Å². The van der Waals surface area contributed by atoms with E-state index < -0.39 is 5.97 Å². The van der Waals surface area contributed by atoms with Gasteiger partial charge in [0.25, 0.3) is 0 Å². The number of allylic oxidation sites excluding steroid dienone is 2. The van der Waals surface area contributed by atoms with E-state index in [1.807, 2.05) is 37.3 Å². The number of rotatable bonds is 1. The number of amides is 1. The minimum Gasteiger partial charge on any atom is -0.457 e. The van der Waals surface area contributed by atoms with Crippen molar-refractivity contribution in [2.75, 3.05) is 4.90 Å². The number of hydrogen-bond acceptors (Lipinski definition) is 5. The maximum absolute atomic E-state index is 13.0. The molecule has 0 aromatic heterocycles. The lowest BCUT2D eigenvalue weighted by Crippen LogP contribution is -2.28. The van der Waals surface area contributed by atoms with Crippen LogP contribution < -0.4 is 19.1 Å². The molecule has 0 unspecified atom stereocenters. The van der Waals surface area contributed by atoms with Crippen molar-refractivity contribution >= 4 is 39.6 Å². The largest absolute Gasteiger partial charge is 0.457 e. The van der Waals surface area contributed by atoms with Crippen LogP contribution >= 0.6 is 0 Å². The number of benzene rings is 3. The van der Waals surface area contributed by atoms with Crippen molar-refractivity contribution in [3.05, 3.63) is 66.4 Å². The summed E-state index contributed by atoms with van der Waals surface area (Å²) in [4.78, 5) is 26.3. The molecule has 0 saturated heterocycles. The lowest BCUT2D eigenvalue weighted by molar-refractivity contribution is -0.131. The molecule has 3 aromatic rings. The molecule has 0 N–H and O–H groups in total. The van der Waals surface area contributed by atoms with Crippen LogP contribution in [-0.2, 0) is 9.59 Å². The Kier molecular flexibility index (Phi) is 4.12. The molecule has 0 bridgehead atoms. The number of esters is 1. The first-order valence-electron chi connectivity index (χ1n) is 9.80. The molecule has 31 heavy (non-hydrogen) atoms. The van der Waals surface area contributed by atoms with Gasteiger partial charge in [0.2, 0.25) is 5.91 Å². The molecule has 2 heterocycles. The Balaban J connectivity index is 1.84. The summed E-state index contributed by atoms with van der Waals surface area (Å²) in [6, 6.07) is 12.7. The van der Waals surface area contributed by atoms with E-state index in [-0.39, 0.29) is 5.91 Å². The zero-order chi connectivity index (χ0) is 21.9. The third-order valence-corrected chi connectivity index (χ3v) is 5.29. The Bertz CT molecular complexity index is 1350. The standard InChI is InChI=1S/C25H19NO5/c1-13-11-14(2)29-19-9-10-20-25(23(13)19)26(15(3)27)24-18-8-6-5-7-17(18)21(30-16(4)28)12-22(24)31-20/h5-12H,2H2,1,3-4H3. The molecule has 6 heteroatoms. The molecule has 0 atom stereocenters. The van der Waals surface area contributed by atoms with E-state index in [1.54, 1.807) is 23.1 Å². The Labute approximate surface area is 178 Å². The predicted octanol–water partition coefficient (Wildman–Crippen LogP) is 5.86. The number of hydrogen-bond donors (Lipinski definition) is 0. The molecular weight excluding hydrogens is 394 g/mol. The van der Waals surface area contributed by atoms with Gasteiger partial charge < -0.3 is 14.2 Å². The minimum atomic E-state index is -0.433. The summed E-state index contributed by atoms with van der Waals surface area (Å²) in [5.41, 5.74) is 2.90. The number of carbonyl (C=O) groups is 2. The van der Waals surface area contributed by atoms with Crippen LogP contribution in [0.25, 0.3) is 16.3 Å². The molecule has 1 amide bonds. The zero-order valence-corrected chi connectivity index (χ0v) is 17.3. The number of anilines is 2. The van der Waals surface area contributed by atoms with E-state index in [0.29, 0.717) is 45.5 Å². The second-order valence-corrected chi connectivity index (χ2v) is 7.50. The summed E-state index contributed by atoms with van der Waals surface area (Å²) in [7, 11) is 0. The lowest BCUT2D eigenvalue weighted by Gasteiger charge is -2.35. The smallest absolute Gasteiger partial charge is 0.308 e. The normalized spacial score (nSPS) is 14.0. The Morgan fingerprint density at radius 3 is 2.35 bits per heavy atom. The van der Waals surface area contributed by atoms with Crippen LogP contribution in [0.15, 0.2) is 60.9 Å². The first-order valence-corrected chi connectivity index (χ1v) is 9.80. The Morgan fingerprint density at radius 1 is 0.935 bits per heavy atom. The van der Waals surface area contributed by atoms with Gasteiger partial charge in [-0.2, -0.15) is 0 Å². The second-order valence-electron chi connectivity index (χ2n) is 7.50. The van der Waals surface area contributed by atoms with Crippen molar-refractivity contribution < 1.29 is 23.8 Å². The van der Waals surface area contributed by atoms with E-state index in [2.05, 4.69) is 6.58 Å². The highest BCUT2D eigenvalue weighted by Crippen LogP contribution is 2.56. The zero-order valence-electron chi connectivity index (χ0n) is 17.3. The average molecular weight is 413 g/mol. The molecule has 0 fully saturated rings. The van der Waals surface area contributed by atoms with Crippen LogP contribution in [0.1, 0.15) is 26.3 Å². The van der Waals surface area contributed by atoms with Gasteiger partial charge in [-0.15, -0.1) is 0 Å². The lowest BCUT2D eigenvalue weighted by atomic mass is 9.96. The third-order valence-electron chi connectivity index (χ3n) is 5.29. The molecule has 0 aliphatic carbocycles. The van der Waals surface area contributed by atoms with Crippen molar-refractivity contribution in [3.63, 3.8) is 0 Å². The minimum absolute atomic E-state index is 0.179. The van der Waals surface area contributed by atoms with Gasteiger partial charge in [0, 0.05) is 36.2 Å². The van der Waals surface area contributed by atoms with Crippen molar-refractivity contribution in [2.45, 2.75) is 20.8 Å². The molecule has 5 rings (SSSR count). The predicted molar refractivity (Wildman–Crippen MR) is 118 cm³/mol.